The van der Waals surface area contributed by atoms with E-state index in [-0.39, 0.29) is 17.9 Å². The lowest BCUT2D eigenvalue weighted by Gasteiger charge is -2.52. The average Bonchev–Trinajstić information content (AvgIpc) is 2.78. The molecule has 2 aromatic rings. The summed E-state index contributed by atoms with van der Waals surface area (Å²) in [4.78, 5) is 15.3. The third-order valence-electron chi connectivity index (χ3n) is 6.61. The van der Waals surface area contributed by atoms with Crippen molar-refractivity contribution in [2.75, 3.05) is 13.2 Å². The summed E-state index contributed by atoms with van der Waals surface area (Å²) in [5, 5.41) is 11.5. The van der Waals surface area contributed by atoms with Gasteiger partial charge in [0.2, 0.25) is 5.91 Å². The zero-order chi connectivity index (χ0) is 21.0. The van der Waals surface area contributed by atoms with E-state index in [0.29, 0.717) is 19.6 Å². The molecule has 1 saturated heterocycles. The number of rotatable bonds is 5. The summed E-state index contributed by atoms with van der Waals surface area (Å²) >= 11 is 0. The standard InChI is InChI=1S/C26H31NO3/c1-2-30-23-14-7-6-12-21(23)25-22-13-8-9-17-26(22,29)18-19-27(25)24(28)16-15-20-10-4-3-5-11-20/h3-7,10-12,14-16,22,25,29H,2,8-9,13,17-19H2,1H3/b16-15+/t22-,25-,26-/m0/s1. The molecule has 3 atom stereocenters. The van der Waals surface area contributed by atoms with Gasteiger partial charge in [0.05, 0.1) is 18.2 Å². The van der Waals surface area contributed by atoms with Gasteiger partial charge in [0, 0.05) is 24.1 Å². The van der Waals surface area contributed by atoms with Crippen LogP contribution in [-0.4, -0.2) is 34.7 Å². The summed E-state index contributed by atoms with van der Waals surface area (Å²) in [6.07, 6.45) is 8.04. The molecule has 1 heterocycles. The van der Waals surface area contributed by atoms with Crippen LogP contribution in [0.5, 0.6) is 5.75 Å². The smallest absolute Gasteiger partial charge is 0.247 e. The van der Waals surface area contributed by atoms with Crippen LogP contribution >= 0.6 is 0 Å². The molecule has 4 heteroatoms. The van der Waals surface area contributed by atoms with Gasteiger partial charge in [-0.3, -0.25) is 4.79 Å². The molecular weight excluding hydrogens is 374 g/mol. The monoisotopic (exact) mass is 405 g/mol. The molecule has 2 aliphatic rings. The van der Waals surface area contributed by atoms with E-state index < -0.39 is 5.60 Å². The summed E-state index contributed by atoms with van der Waals surface area (Å²) in [6, 6.07) is 17.7. The van der Waals surface area contributed by atoms with Crippen molar-refractivity contribution >= 4 is 12.0 Å². The van der Waals surface area contributed by atoms with E-state index in [0.717, 1.165) is 42.6 Å². The lowest BCUT2D eigenvalue weighted by molar-refractivity contribution is -0.151. The van der Waals surface area contributed by atoms with E-state index in [4.69, 9.17) is 4.74 Å². The number of aliphatic hydroxyl groups is 1. The Morgan fingerprint density at radius 3 is 2.70 bits per heavy atom. The fraction of sp³-hybridized carbons (Fsp3) is 0.423. The highest BCUT2D eigenvalue weighted by Gasteiger charge is 2.50. The minimum atomic E-state index is -0.706. The summed E-state index contributed by atoms with van der Waals surface area (Å²) in [5.41, 5.74) is 1.30. The predicted octanol–water partition coefficient (Wildman–Crippen LogP) is 4.99. The highest BCUT2D eigenvalue weighted by Crippen LogP contribution is 2.50. The van der Waals surface area contributed by atoms with Crippen molar-refractivity contribution in [2.45, 2.75) is 50.7 Å². The number of fused-ring (bicyclic) bond motifs is 1. The number of likely N-dealkylation sites (tertiary alicyclic amines) is 1. The maximum atomic E-state index is 13.3. The quantitative estimate of drug-likeness (QED) is 0.713. The fourth-order valence-electron chi connectivity index (χ4n) is 5.15. The van der Waals surface area contributed by atoms with Crippen LogP contribution in [0.4, 0.5) is 0 Å². The lowest BCUT2D eigenvalue weighted by Crippen LogP contribution is -2.56. The molecule has 1 N–H and O–H groups in total. The Morgan fingerprint density at radius 1 is 1.13 bits per heavy atom. The van der Waals surface area contributed by atoms with Gasteiger partial charge in [0.1, 0.15) is 5.75 Å². The Labute approximate surface area is 179 Å². The molecule has 2 aromatic carbocycles. The molecule has 1 amide bonds. The Kier molecular flexibility index (Phi) is 6.24. The van der Waals surface area contributed by atoms with Crippen LogP contribution in [0.1, 0.15) is 56.2 Å². The average molecular weight is 406 g/mol. The number of benzene rings is 2. The third-order valence-corrected chi connectivity index (χ3v) is 6.61. The largest absolute Gasteiger partial charge is 0.494 e. The highest BCUT2D eigenvalue weighted by atomic mass is 16.5. The Morgan fingerprint density at radius 2 is 1.90 bits per heavy atom. The minimum Gasteiger partial charge on any atom is -0.494 e. The second-order valence-electron chi connectivity index (χ2n) is 8.40. The molecule has 0 aromatic heterocycles. The van der Waals surface area contributed by atoms with Crippen molar-refractivity contribution in [2.24, 2.45) is 5.92 Å². The first-order chi connectivity index (χ1) is 14.6. The van der Waals surface area contributed by atoms with Crippen molar-refractivity contribution in [3.63, 3.8) is 0 Å². The van der Waals surface area contributed by atoms with E-state index in [1.165, 1.54) is 0 Å². The molecular formula is C26H31NO3. The molecule has 1 saturated carbocycles. The number of piperidine rings is 1. The van der Waals surface area contributed by atoms with Crippen LogP contribution < -0.4 is 4.74 Å². The van der Waals surface area contributed by atoms with Gasteiger partial charge in [-0.05, 0) is 43.9 Å². The molecule has 0 bridgehead atoms. The zero-order valence-corrected chi connectivity index (χ0v) is 17.7. The van der Waals surface area contributed by atoms with Crippen molar-refractivity contribution in [1.82, 2.24) is 4.90 Å². The Bertz CT molecular complexity index is 894. The number of para-hydroxylation sites is 1. The zero-order valence-electron chi connectivity index (χ0n) is 17.7. The number of carbonyl (C=O) groups excluding carboxylic acids is 1. The Hall–Kier alpha value is -2.59. The van der Waals surface area contributed by atoms with Gasteiger partial charge in [0.15, 0.2) is 0 Å². The van der Waals surface area contributed by atoms with Crippen LogP contribution in [0.15, 0.2) is 60.7 Å². The first kappa shape index (κ1) is 20.7. The molecule has 0 spiro atoms. The molecule has 0 radical (unpaired) electrons. The van der Waals surface area contributed by atoms with Crippen molar-refractivity contribution in [3.8, 4) is 5.75 Å². The van der Waals surface area contributed by atoms with Gasteiger partial charge in [0.25, 0.3) is 0 Å². The van der Waals surface area contributed by atoms with E-state index in [1.54, 1.807) is 6.08 Å². The van der Waals surface area contributed by atoms with Crippen LogP contribution in [0.3, 0.4) is 0 Å². The van der Waals surface area contributed by atoms with Crippen LogP contribution in [0, 0.1) is 5.92 Å². The summed E-state index contributed by atoms with van der Waals surface area (Å²) in [6.45, 7) is 3.09. The maximum absolute atomic E-state index is 13.3. The van der Waals surface area contributed by atoms with E-state index in [9.17, 15) is 9.90 Å². The second-order valence-corrected chi connectivity index (χ2v) is 8.40. The van der Waals surface area contributed by atoms with Gasteiger partial charge < -0.3 is 14.7 Å². The minimum absolute atomic E-state index is 0.0113. The van der Waals surface area contributed by atoms with Crippen molar-refractivity contribution in [3.05, 3.63) is 71.8 Å². The first-order valence-corrected chi connectivity index (χ1v) is 11.1. The van der Waals surface area contributed by atoms with Crippen molar-refractivity contribution < 1.29 is 14.6 Å². The van der Waals surface area contributed by atoms with Crippen LogP contribution in [-0.2, 0) is 4.79 Å². The van der Waals surface area contributed by atoms with Gasteiger partial charge in [-0.2, -0.15) is 0 Å². The van der Waals surface area contributed by atoms with Crippen LogP contribution in [0.25, 0.3) is 6.08 Å². The number of hydrogen-bond acceptors (Lipinski definition) is 3. The molecule has 4 rings (SSSR count). The summed E-state index contributed by atoms with van der Waals surface area (Å²) < 4.78 is 5.92. The van der Waals surface area contributed by atoms with Gasteiger partial charge >= 0.3 is 0 Å². The number of carbonyl (C=O) groups is 1. The highest BCUT2D eigenvalue weighted by molar-refractivity contribution is 5.92. The topological polar surface area (TPSA) is 49.8 Å². The predicted molar refractivity (Wildman–Crippen MR) is 119 cm³/mol. The second kappa shape index (κ2) is 9.05. The van der Waals surface area contributed by atoms with E-state index in [2.05, 4.69) is 6.07 Å². The molecule has 30 heavy (non-hydrogen) atoms. The van der Waals surface area contributed by atoms with Gasteiger partial charge in [-0.25, -0.2) is 0 Å². The number of ether oxygens (including phenoxy) is 1. The molecule has 2 fully saturated rings. The SMILES string of the molecule is CCOc1ccccc1[C@H]1[C@@H]2CCCC[C@]2(O)CCN1C(=O)/C=C/c1ccccc1. The first-order valence-electron chi connectivity index (χ1n) is 11.1. The van der Waals surface area contributed by atoms with E-state index >= 15 is 0 Å². The van der Waals surface area contributed by atoms with Gasteiger partial charge in [-0.1, -0.05) is 61.4 Å². The van der Waals surface area contributed by atoms with Crippen molar-refractivity contribution in [1.29, 1.82) is 0 Å². The van der Waals surface area contributed by atoms with Gasteiger partial charge in [-0.15, -0.1) is 0 Å². The fourth-order valence-corrected chi connectivity index (χ4v) is 5.15. The number of nitrogens with zero attached hydrogens (tertiary/aromatic N) is 1. The third kappa shape index (κ3) is 4.15. The molecule has 4 nitrogen and oxygen atoms in total. The summed E-state index contributed by atoms with van der Waals surface area (Å²) in [5.74, 6) is 0.822. The Balaban J connectivity index is 1.70. The molecule has 1 aliphatic heterocycles. The number of amides is 1. The number of hydrogen-bond donors (Lipinski definition) is 1. The molecule has 0 unspecified atom stereocenters. The normalized spacial score (nSPS) is 26.4. The molecule has 158 valence electrons. The molecule has 1 aliphatic carbocycles. The maximum Gasteiger partial charge on any atom is 0.247 e. The van der Waals surface area contributed by atoms with E-state index in [1.807, 2.05) is 66.4 Å². The summed E-state index contributed by atoms with van der Waals surface area (Å²) in [7, 11) is 0. The van der Waals surface area contributed by atoms with Crippen LogP contribution in [0.2, 0.25) is 0 Å². The lowest BCUT2D eigenvalue weighted by atomic mass is 9.66.